The number of furan rings is 1. The summed E-state index contributed by atoms with van der Waals surface area (Å²) >= 11 is 0. The Morgan fingerprint density at radius 3 is 2.73 bits per heavy atom. The molecule has 2 aromatic carbocycles. The highest BCUT2D eigenvalue weighted by Gasteiger charge is 2.43. The highest BCUT2D eigenvalue weighted by Crippen LogP contribution is 2.39. The first-order valence-corrected chi connectivity index (χ1v) is 10.1. The molecule has 4 rings (SSSR count). The smallest absolute Gasteiger partial charge is 0.258 e. The summed E-state index contributed by atoms with van der Waals surface area (Å²) in [6, 6.07) is 19.1. The Bertz CT molecular complexity index is 1000. The van der Waals surface area contributed by atoms with Crippen molar-refractivity contribution in [3.63, 3.8) is 0 Å². The summed E-state index contributed by atoms with van der Waals surface area (Å²) in [7, 11) is 0. The Kier molecular flexibility index (Phi) is 5.77. The van der Waals surface area contributed by atoms with Gasteiger partial charge in [0.1, 0.15) is 23.8 Å². The summed E-state index contributed by atoms with van der Waals surface area (Å²) in [5.74, 6) is 1.41. The largest absolute Gasteiger partial charge is 0.491 e. The second-order valence-corrected chi connectivity index (χ2v) is 7.29. The van der Waals surface area contributed by atoms with Crippen LogP contribution in [0.5, 0.6) is 5.75 Å². The Hall–Kier alpha value is -3.25. The van der Waals surface area contributed by atoms with Gasteiger partial charge in [0.2, 0.25) is 0 Å². The van der Waals surface area contributed by atoms with Gasteiger partial charge in [-0.15, -0.1) is 0 Å². The first-order valence-electron chi connectivity index (χ1n) is 10.1. The van der Waals surface area contributed by atoms with Crippen LogP contribution in [0.2, 0.25) is 0 Å². The van der Waals surface area contributed by atoms with Gasteiger partial charge in [-0.1, -0.05) is 24.3 Å². The molecular formula is C24H26N2O4. The fraction of sp³-hybridized carbons (Fsp3) is 0.292. The van der Waals surface area contributed by atoms with Gasteiger partial charge in [-0.2, -0.15) is 0 Å². The maximum Gasteiger partial charge on any atom is 0.258 e. The van der Waals surface area contributed by atoms with Crippen molar-refractivity contribution in [2.24, 2.45) is 0 Å². The Balaban J connectivity index is 1.69. The second kappa shape index (κ2) is 8.63. The number of hydrogen-bond donors (Lipinski definition) is 1. The summed E-state index contributed by atoms with van der Waals surface area (Å²) in [6.45, 7) is 5.97. The third kappa shape index (κ3) is 3.91. The van der Waals surface area contributed by atoms with Gasteiger partial charge in [0.15, 0.2) is 0 Å². The number of ether oxygens (including phenoxy) is 2. The van der Waals surface area contributed by atoms with Crippen molar-refractivity contribution in [3.8, 4) is 5.75 Å². The molecule has 0 saturated heterocycles. The van der Waals surface area contributed by atoms with Crippen LogP contribution >= 0.6 is 0 Å². The van der Waals surface area contributed by atoms with Crippen molar-refractivity contribution in [3.05, 3.63) is 83.8 Å². The molecule has 1 N–H and O–H groups in total. The van der Waals surface area contributed by atoms with Gasteiger partial charge in [0, 0.05) is 17.9 Å². The van der Waals surface area contributed by atoms with E-state index in [1.165, 1.54) is 0 Å². The van der Waals surface area contributed by atoms with Crippen LogP contribution < -0.4 is 10.1 Å². The van der Waals surface area contributed by atoms with Crippen molar-refractivity contribution in [2.75, 3.05) is 25.1 Å². The molecule has 0 saturated carbocycles. The van der Waals surface area contributed by atoms with Crippen LogP contribution in [0.3, 0.4) is 0 Å². The van der Waals surface area contributed by atoms with E-state index in [-0.39, 0.29) is 5.91 Å². The predicted molar refractivity (Wildman–Crippen MR) is 114 cm³/mol. The highest BCUT2D eigenvalue weighted by molar-refractivity contribution is 6.02. The lowest BCUT2D eigenvalue weighted by atomic mass is 9.93. The number of anilines is 1. The van der Waals surface area contributed by atoms with E-state index in [0.717, 1.165) is 22.8 Å². The Labute approximate surface area is 176 Å². The SMILES string of the molecule is CCOCCOc1cccc(C2(C)Nc3ccccc3C(=O)N2Cc2ccco2)c1. The number of benzene rings is 2. The fourth-order valence-electron chi connectivity index (χ4n) is 3.72. The van der Waals surface area contributed by atoms with Crippen molar-refractivity contribution in [2.45, 2.75) is 26.1 Å². The third-order valence-electron chi connectivity index (χ3n) is 5.31. The quantitative estimate of drug-likeness (QED) is 0.553. The summed E-state index contributed by atoms with van der Waals surface area (Å²) in [6.07, 6.45) is 1.62. The first kappa shape index (κ1) is 20.0. The minimum atomic E-state index is -0.780. The molecule has 1 aliphatic heterocycles. The normalized spacial score (nSPS) is 18.1. The second-order valence-electron chi connectivity index (χ2n) is 7.29. The minimum Gasteiger partial charge on any atom is -0.491 e. The van der Waals surface area contributed by atoms with Gasteiger partial charge in [-0.25, -0.2) is 0 Å². The molecule has 1 unspecified atom stereocenters. The Morgan fingerprint density at radius 2 is 1.93 bits per heavy atom. The van der Waals surface area contributed by atoms with E-state index in [4.69, 9.17) is 13.9 Å². The lowest BCUT2D eigenvalue weighted by Crippen LogP contribution is -2.55. The van der Waals surface area contributed by atoms with Gasteiger partial charge in [0.25, 0.3) is 5.91 Å². The number of nitrogens with zero attached hydrogens (tertiary/aromatic N) is 1. The lowest BCUT2D eigenvalue weighted by Gasteiger charge is -2.46. The van der Waals surface area contributed by atoms with Crippen LogP contribution in [-0.4, -0.2) is 30.6 Å². The van der Waals surface area contributed by atoms with Crippen LogP contribution in [0.15, 0.2) is 71.3 Å². The van der Waals surface area contributed by atoms with Crippen molar-refractivity contribution < 1.29 is 18.7 Å². The molecule has 0 aliphatic carbocycles. The summed E-state index contributed by atoms with van der Waals surface area (Å²) in [4.78, 5) is 15.3. The van der Waals surface area contributed by atoms with Crippen LogP contribution in [0.25, 0.3) is 0 Å². The van der Waals surface area contributed by atoms with E-state index in [9.17, 15) is 4.79 Å². The molecule has 1 aromatic heterocycles. The first-order chi connectivity index (χ1) is 14.6. The molecule has 30 heavy (non-hydrogen) atoms. The molecule has 156 valence electrons. The molecule has 0 fully saturated rings. The maximum atomic E-state index is 13.5. The van der Waals surface area contributed by atoms with E-state index in [0.29, 0.717) is 31.9 Å². The van der Waals surface area contributed by atoms with E-state index < -0.39 is 5.66 Å². The van der Waals surface area contributed by atoms with Crippen LogP contribution in [0, 0.1) is 0 Å². The lowest BCUT2D eigenvalue weighted by molar-refractivity contribution is 0.0486. The molecule has 2 heterocycles. The van der Waals surface area contributed by atoms with Crippen molar-refractivity contribution in [1.29, 1.82) is 0 Å². The molecule has 0 bridgehead atoms. The average molecular weight is 406 g/mol. The van der Waals surface area contributed by atoms with Crippen LogP contribution in [0.1, 0.15) is 35.5 Å². The zero-order valence-corrected chi connectivity index (χ0v) is 17.3. The van der Waals surface area contributed by atoms with E-state index in [1.807, 2.05) is 74.5 Å². The van der Waals surface area contributed by atoms with Gasteiger partial charge in [0.05, 0.1) is 25.0 Å². The Morgan fingerprint density at radius 1 is 1.07 bits per heavy atom. The molecule has 3 aromatic rings. The van der Waals surface area contributed by atoms with Crippen LogP contribution in [0.4, 0.5) is 5.69 Å². The molecule has 1 amide bonds. The molecule has 1 atom stereocenters. The zero-order valence-electron chi connectivity index (χ0n) is 17.3. The van der Waals surface area contributed by atoms with Gasteiger partial charge < -0.3 is 24.1 Å². The van der Waals surface area contributed by atoms with Crippen LogP contribution in [-0.2, 0) is 16.9 Å². The molecule has 1 aliphatic rings. The summed E-state index contributed by atoms with van der Waals surface area (Å²) < 4.78 is 16.7. The molecule has 0 radical (unpaired) electrons. The molecule has 0 spiro atoms. The maximum absolute atomic E-state index is 13.5. The van der Waals surface area contributed by atoms with Gasteiger partial charge in [-0.05, 0) is 50.2 Å². The standard InChI is InChI=1S/C24H26N2O4/c1-3-28-14-15-30-19-9-6-8-18(16-19)24(2)25-22-12-5-4-11-21(22)23(27)26(24)17-20-10-7-13-29-20/h4-13,16,25H,3,14-15,17H2,1-2H3. The number of nitrogens with one attached hydrogen (secondary N) is 1. The van der Waals surface area contributed by atoms with Gasteiger partial charge >= 0.3 is 0 Å². The van der Waals surface area contributed by atoms with Crippen molar-refractivity contribution >= 4 is 11.6 Å². The molecule has 6 heteroatoms. The molecule has 6 nitrogen and oxygen atoms in total. The number of carbonyl (C=O) groups excluding carboxylic acids is 1. The van der Waals surface area contributed by atoms with Crippen molar-refractivity contribution in [1.82, 2.24) is 4.90 Å². The van der Waals surface area contributed by atoms with E-state index in [2.05, 4.69) is 5.32 Å². The monoisotopic (exact) mass is 406 g/mol. The summed E-state index contributed by atoms with van der Waals surface area (Å²) in [5.41, 5.74) is 1.59. The predicted octanol–water partition coefficient (Wildman–Crippen LogP) is 4.64. The number of fused-ring (bicyclic) bond motifs is 1. The van der Waals surface area contributed by atoms with E-state index in [1.54, 1.807) is 11.2 Å². The number of amides is 1. The number of para-hydroxylation sites is 1. The fourth-order valence-corrected chi connectivity index (χ4v) is 3.72. The average Bonchev–Trinajstić information content (AvgIpc) is 3.28. The minimum absolute atomic E-state index is 0.0501. The topological polar surface area (TPSA) is 63.9 Å². The summed E-state index contributed by atoms with van der Waals surface area (Å²) in [5, 5.41) is 3.57. The third-order valence-corrected chi connectivity index (χ3v) is 5.31. The number of rotatable bonds is 8. The zero-order chi connectivity index (χ0) is 21.0. The number of carbonyl (C=O) groups is 1. The number of hydrogen-bond acceptors (Lipinski definition) is 5. The van der Waals surface area contributed by atoms with Gasteiger partial charge in [-0.3, -0.25) is 4.79 Å². The van der Waals surface area contributed by atoms with E-state index >= 15 is 0 Å². The highest BCUT2D eigenvalue weighted by atomic mass is 16.5. The molecular weight excluding hydrogens is 380 g/mol.